The Kier molecular flexibility index (Phi) is 11.1. The van der Waals surface area contributed by atoms with E-state index in [9.17, 15) is 14.7 Å². The number of amides is 1. The predicted octanol–water partition coefficient (Wildman–Crippen LogP) is 3.79. The zero-order valence-electron chi connectivity index (χ0n) is 20.6. The first kappa shape index (κ1) is 28.4. The van der Waals surface area contributed by atoms with Gasteiger partial charge in [-0.3, -0.25) is 4.79 Å². The van der Waals surface area contributed by atoms with E-state index >= 15 is 0 Å². The van der Waals surface area contributed by atoms with Gasteiger partial charge in [0.05, 0.1) is 11.4 Å². The van der Waals surface area contributed by atoms with Gasteiger partial charge in [-0.25, -0.2) is 9.78 Å². The Labute approximate surface area is 226 Å². The first-order valence-corrected chi connectivity index (χ1v) is 13.8. The van der Waals surface area contributed by atoms with Crippen LogP contribution in [-0.4, -0.2) is 65.0 Å². The number of ether oxygens (including phenoxy) is 1. The van der Waals surface area contributed by atoms with Crippen LogP contribution in [0.3, 0.4) is 0 Å². The number of thioether (sulfide) groups is 1. The van der Waals surface area contributed by atoms with E-state index in [0.29, 0.717) is 35.9 Å². The molecule has 1 unspecified atom stereocenters. The van der Waals surface area contributed by atoms with Crippen molar-refractivity contribution in [2.75, 3.05) is 36.2 Å². The lowest BCUT2D eigenvalue weighted by molar-refractivity contribution is -0.142. The monoisotopic (exact) mass is 540 g/mol. The standard InChI is InChI=1S/C27H32N4O4S2/c1-37-13-12-24(27(33)34)30-25(32)16-35-26-23(29-15-21(28)17-36)11-10-22(31-26)20-9-5-8-19(14-20)18-6-3-2-4-7-18/h2-11,14,21,24,29,36H,12-13,15-17,28H2,1H3,(H,30,32)(H,33,34)/t21?,24-/m0/s1. The molecular weight excluding hydrogens is 508 g/mol. The van der Waals surface area contributed by atoms with Crippen LogP contribution in [0.25, 0.3) is 22.4 Å². The lowest BCUT2D eigenvalue weighted by Gasteiger charge is -2.17. The Hall–Kier alpha value is -3.21. The first-order valence-electron chi connectivity index (χ1n) is 11.8. The number of hydrogen-bond acceptors (Lipinski definition) is 8. The van der Waals surface area contributed by atoms with Gasteiger partial charge in [-0.15, -0.1) is 0 Å². The molecule has 8 nitrogen and oxygen atoms in total. The Morgan fingerprint density at radius 1 is 1.08 bits per heavy atom. The van der Waals surface area contributed by atoms with Gasteiger partial charge in [0.25, 0.3) is 5.91 Å². The fraction of sp³-hybridized carbons (Fsp3) is 0.296. The van der Waals surface area contributed by atoms with E-state index in [2.05, 4.69) is 28.2 Å². The average molecular weight is 541 g/mol. The van der Waals surface area contributed by atoms with Crippen molar-refractivity contribution in [2.24, 2.45) is 5.73 Å². The van der Waals surface area contributed by atoms with Crippen LogP contribution in [0.1, 0.15) is 6.42 Å². The fourth-order valence-corrected chi connectivity index (χ4v) is 4.10. The molecule has 0 bridgehead atoms. The van der Waals surface area contributed by atoms with Crippen molar-refractivity contribution in [3.8, 4) is 28.3 Å². The Morgan fingerprint density at radius 2 is 1.81 bits per heavy atom. The van der Waals surface area contributed by atoms with Crippen molar-refractivity contribution in [3.63, 3.8) is 0 Å². The van der Waals surface area contributed by atoms with E-state index in [1.807, 2.05) is 73.0 Å². The molecule has 37 heavy (non-hydrogen) atoms. The number of aromatic nitrogens is 1. The van der Waals surface area contributed by atoms with Gasteiger partial charge in [0.15, 0.2) is 6.61 Å². The molecule has 196 valence electrons. The van der Waals surface area contributed by atoms with Crippen LogP contribution in [0.15, 0.2) is 66.7 Å². The summed E-state index contributed by atoms with van der Waals surface area (Å²) >= 11 is 5.73. The Balaban J connectivity index is 1.81. The van der Waals surface area contributed by atoms with Crippen molar-refractivity contribution in [1.82, 2.24) is 10.3 Å². The smallest absolute Gasteiger partial charge is 0.326 e. The van der Waals surface area contributed by atoms with Gasteiger partial charge >= 0.3 is 5.97 Å². The van der Waals surface area contributed by atoms with Gasteiger partial charge < -0.3 is 26.2 Å². The molecule has 2 aromatic carbocycles. The number of thiol groups is 1. The van der Waals surface area contributed by atoms with Crippen molar-refractivity contribution < 1.29 is 19.4 Å². The van der Waals surface area contributed by atoms with E-state index < -0.39 is 17.9 Å². The van der Waals surface area contributed by atoms with Crippen LogP contribution in [0, 0.1) is 0 Å². The van der Waals surface area contributed by atoms with Crippen molar-refractivity contribution >= 4 is 42.0 Å². The number of benzene rings is 2. The van der Waals surface area contributed by atoms with Gasteiger partial charge in [0.1, 0.15) is 6.04 Å². The van der Waals surface area contributed by atoms with Crippen LogP contribution in [0.4, 0.5) is 5.69 Å². The summed E-state index contributed by atoms with van der Waals surface area (Å²) in [6, 6.07) is 20.6. The molecule has 1 amide bonds. The number of rotatable bonds is 14. The number of carboxylic acid groups (broad SMARTS) is 1. The minimum atomic E-state index is -1.08. The van der Waals surface area contributed by atoms with Gasteiger partial charge in [-0.2, -0.15) is 24.4 Å². The summed E-state index contributed by atoms with van der Waals surface area (Å²) in [6.45, 7) is 0.0587. The molecule has 0 fully saturated rings. The van der Waals surface area contributed by atoms with E-state index in [4.69, 9.17) is 10.5 Å². The summed E-state index contributed by atoms with van der Waals surface area (Å²) < 4.78 is 5.78. The molecule has 3 rings (SSSR count). The second-order valence-electron chi connectivity index (χ2n) is 8.35. The normalized spacial score (nSPS) is 12.4. The van der Waals surface area contributed by atoms with Crippen LogP contribution in [-0.2, 0) is 9.59 Å². The summed E-state index contributed by atoms with van der Waals surface area (Å²) in [5, 5.41) is 15.1. The molecule has 1 heterocycles. The van der Waals surface area contributed by atoms with Gasteiger partial charge in [-0.05, 0) is 47.8 Å². The second-order valence-corrected chi connectivity index (χ2v) is 9.70. The molecule has 3 aromatic rings. The van der Waals surface area contributed by atoms with Crippen molar-refractivity contribution in [2.45, 2.75) is 18.5 Å². The minimum Gasteiger partial charge on any atom is -0.480 e. The third-order valence-corrected chi connectivity index (χ3v) is 6.61. The zero-order chi connectivity index (χ0) is 26.6. The quantitative estimate of drug-likeness (QED) is 0.196. The van der Waals surface area contributed by atoms with Gasteiger partial charge in [0.2, 0.25) is 5.88 Å². The van der Waals surface area contributed by atoms with E-state index in [1.54, 1.807) is 0 Å². The van der Waals surface area contributed by atoms with E-state index in [1.165, 1.54) is 11.8 Å². The SMILES string of the molecule is CSCC[C@H](NC(=O)COc1nc(-c2cccc(-c3ccccc3)c2)ccc1NCC(N)CS)C(=O)O. The molecule has 2 atom stereocenters. The van der Waals surface area contributed by atoms with Crippen molar-refractivity contribution in [1.29, 1.82) is 0 Å². The molecule has 10 heteroatoms. The van der Waals surface area contributed by atoms with Gasteiger partial charge in [-0.1, -0.05) is 48.5 Å². The van der Waals surface area contributed by atoms with Gasteiger partial charge in [0, 0.05) is 23.9 Å². The summed E-state index contributed by atoms with van der Waals surface area (Å²) in [5.41, 5.74) is 10.3. The number of hydrogen-bond donors (Lipinski definition) is 5. The minimum absolute atomic E-state index is 0.186. The van der Waals surface area contributed by atoms with Crippen LogP contribution in [0.2, 0.25) is 0 Å². The number of carbonyl (C=O) groups excluding carboxylic acids is 1. The molecule has 0 aliphatic heterocycles. The topological polar surface area (TPSA) is 127 Å². The lowest BCUT2D eigenvalue weighted by Crippen LogP contribution is -2.43. The number of pyridine rings is 1. The highest BCUT2D eigenvalue weighted by atomic mass is 32.2. The molecule has 0 aliphatic rings. The average Bonchev–Trinajstić information content (AvgIpc) is 2.93. The highest BCUT2D eigenvalue weighted by Gasteiger charge is 2.20. The molecule has 1 aromatic heterocycles. The maximum absolute atomic E-state index is 12.5. The first-order chi connectivity index (χ1) is 17.9. The number of aliphatic carboxylic acids is 1. The number of nitrogens with one attached hydrogen (secondary N) is 2. The molecular formula is C27H32N4O4S2. The zero-order valence-corrected chi connectivity index (χ0v) is 22.3. The second kappa shape index (κ2) is 14.5. The summed E-state index contributed by atoms with van der Waals surface area (Å²) in [5.74, 6) is -0.284. The maximum atomic E-state index is 12.5. The Morgan fingerprint density at radius 3 is 2.51 bits per heavy atom. The van der Waals surface area contributed by atoms with Crippen LogP contribution >= 0.6 is 24.4 Å². The van der Waals surface area contributed by atoms with Crippen LogP contribution < -0.4 is 21.1 Å². The number of carbonyl (C=O) groups is 2. The van der Waals surface area contributed by atoms with E-state index in [0.717, 1.165) is 16.7 Å². The lowest BCUT2D eigenvalue weighted by atomic mass is 10.0. The predicted molar refractivity (Wildman–Crippen MR) is 153 cm³/mol. The number of anilines is 1. The molecule has 0 saturated heterocycles. The molecule has 0 saturated carbocycles. The third kappa shape index (κ3) is 8.70. The number of nitrogens with zero attached hydrogens (tertiary/aromatic N) is 1. The maximum Gasteiger partial charge on any atom is 0.326 e. The summed E-state index contributed by atoms with van der Waals surface area (Å²) in [7, 11) is 0. The fourth-order valence-electron chi connectivity index (χ4n) is 3.50. The molecule has 0 spiro atoms. The molecule has 0 aliphatic carbocycles. The Bertz CT molecular complexity index is 1180. The highest BCUT2D eigenvalue weighted by molar-refractivity contribution is 7.98. The highest BCUT2D eigenvalue weighted by Crippen LogP contribution is 2.30. The summed E-state index contributed by atoms with van der Waals surface area (Å²) in [6.07, 6.45) is 2.20. The molecule has 5 N–H and O–H groups in total. The third-order valence-electron chi connectivity index (χ3n) is 5.50. The largest absolute Gasteiger partial charge is 0.480 e. The van der Waals surface area contributed by atoms with Crippen molar-refractivity contribution in [3.05, 3.63) is 66.7 Å². The summed E-state index contributed by atoms with van der Waals surface area (Å²) in [4.78, 5) is 28.6. The number of nitrogens with two attached hydrogens (primary N) is 1. The number of carboxylic acids is 1. The van der Waals surface area contributed by atoms with E-state index in [-0.39, 0.29) is 18.5 Å². The van der Waals surface area contributed by atoms with Crippen LogP contribution in [0.5, 0.6) is 5.88 Å². The molecule has 0 radical (unpaired) electrons.